The zero-order valence-electron chi connectivity index (χ0n) is 14.1. The maximum Gasteiger partial charge on any atom is 1.00 e. The van der Waals surface area contributed by atoms with Crippen molar-refractivity contribution in [3.05, 3.63) is 0 Å². The van der Waals surface area contributed by atoms with Gasteiger partial charge in [-0.05, 0) is 18.3 Å². The molecule has 0 heterocycles. The summed E-state index contributed by atoms with van der Waals surface area (Å²) in [7, 11) is -3.78. The SMILES string of the molecule is CCC(C)CCCCCOS(=O)(=O)OCC(C)C.[H-].[Na+]. The van der Waals surface area contributed by atoms with Crippen LogP contribution in [0.15, 0.2) is 0 Å². The van der Waals surface area contributed by atoms with E-state index in [0.717, 1.165) is 25.2 Å². The van der Waals surface area contributed by atoms with Gasteiger partial charge in [0.05, 0.1) is 13.2 Å². The van der Waals surface area contributed by atoms with Gasteiger partial charge in [0.1, 0.15) is 0 Å². The Bertz CT molecular complexity index is 297. The third-order valence-electron chi connectivity index (χ3n) is 2.81. The summed E-state index contributed by atoms with van der Waals surface area (Å²) < 4.78 is 32.0. The van der Waals surface area contributed by atoms with Crippen LogP contribution in [-0.4, -0.2) is 21.6 Å². The van der Waals surface area contributed by atoms with Gasteiger partial charge in [0.15, 0.2) is 0 Å². The Hall–Kier alpha value is 0.870. The van der Waals surface area contributed by atoms with Gasteiger partial charge in [-0.3, -0.25) is 0 Å². The number of rotatable bonds is 11. The zero-order chi connectivity index (χ0) is 14.0. The first-order valence-corrected chi connectivity index (χ1v) is 8.24. The molecule has 1 unspecified atom stereocenters. The van der Waals surface area contributed by atoms with Gasteiger partial charge in [0, 0.05) is 0 Å². The standard InChI is InChI=1S/C13H28O4S.Na.H/c1-5-13(4)9-7-6-8-10-16-18(14,15)17-11-12(2)3;;/h12-13H,5-11H2,1-4H3;;/q;+1;-1. The molecule has 1 atom stereocenters. The molecule has 0 fully saturated rings. The molecule has 19 heavy (non-hydrogen) atoms. The van der Waals surface area contributed by atoms with Crippen LogP contribution in [0.1, 0.15) is 61.2 Å². The molecule has 0 aromatic heterocycles. The summed E-state index contributed by atoms with van der Waals surface area (Å²) in [6.07, 6.45) is 5.30. The molecule has 0 aliphatic heterocycles. The summed E-state index contributed by atoms with van der Waals surface area (Å²) in [5, 5.41) is 0. The number of hydrogen-bond acceptors (Lipinski definition) is 4. The van der Waals surface area contributed by atoms with E-state index in [1.165, 1.54) is 12.8 Å². The fourth-order valence-corrected chi connectivity index (χ4v) is 2.22. The molecule has 0 rings (SSSR count). The van der Waals surface area contributed by atoms with Crippen LogP contribution in [0.3, 0.4) is 0 Å². The van der Waals surface area contributed by atoms with Crippen molar-refractivity contribution < 1.29 is 47.8 Å². The molecule has 6 heteroatoms. The van der Waals surface area contributed by atoms with Crippen molar-refractivity contribution in [2.24, 2.45) is 11.8 Å². The van der Waals surface area contributed by atoms with Crippen LogP contribution in [-0.2, 0) is 18.8 Å². The molecule has 4 nitrogen and oxygen atoms in total. The van der Waals surface area contributed by atoms with Crippen molar-refractivity contribution in [1.29, 1.82) is 0 Å². The van der Waals surface area contributed by atoms with Gasteiger partial charge in [-0.2, -0.15) is 8.42 Å². The molecule has 0 amide bonds. The van der Waals surface area contributed by atoms with Crippen molar-refractivity contribution in [2.75, 3.05) is 13.2 Å². The van der Waals surface area contributed by atoms with Crippen molar-refractivity contribution in [1.82, 2.24) is 0 Å². The monoisotopic (exact) mass is 304 g/mol. The maximum atomic E-state index is 11.3. The van der Waals surface area contributed by atoms with Crippen LogP contribution < -0.4 is 29.6 Å². The molecule has 0 N–H and O–H groups in total. The van der Waals surface area contributed by atoms with E-state index in [2.05, 4.69) is 13.8 Å². The summed E-state index contributed by atoms with van der Waals surface area (Å²) in [5.74, 6) is 0.933. The third kappa shape index (κ3) is 15.1. The van der Waals surface area contributed by atoms with Crippen molar-refractivity contribution >= 4 is 10.4 Å². The van der Waals surface area contributed by atoms with Crippen molar-refractivity contribution in [2.45, 2.75) is 59.8 Å². The van der Waals surface area contributed by atoms with E-state index in [4.69, 9.17) is 8.37 Å². The second kappa shape index (κ2) is 12.6. The van der Waals surface area contributed by atoms with E-state index in [1.54, 1.807) is 0 Å². The Morgan fingerprint density at radius 1 is 1.05 bits per heavy atom. The quantitative estimate of drug-likeness (QED) is 0.415. The maximum absolute atomic E-state index is 11.3. The average molecular weight is 304 g/mol. The Kier molecular flexibility index (Phi) is 14.7. The van der Waals surface area contributed by atoms with Gasteiger partial charge in [-0.25, -0.2) is 8.37 Å². The van der Waals surface area contributed by atoms with Gasteiger partial charge >= 0.3 is 40.0 Å². The molecular weight excluding hydrogens is 275 g/mol. The van der Waals surface area contributed by atoms with Gasteiger partial charge in [-0.1, -0.05) is 53.4 Å². The predicted molar refractivity (Wildman–Crippen MR) is 74.7 cm³/mol. The average Bonchev–Trinajstić information content (AvgIpc) is 2.30. The van der Waals surface area contributed by atoms with Gasteiger partial charge in [0.25, 0.3) is 0 Å². The van der Waals surface area contributed by atoms with Crippen LogP contribution in [0.25, 0.3) is 0 Å². The van der Waals surface area contributed by atoms with E-state index in [0.29, 0.717) is 0 Å². The van der Waals surface area contributed by atoms with Crippen LogP contribution >= 0.6 is 0 Å². The third-order valence-corrected chi connectivity index (χ3v) is 3.69. The van der Waals surface area contributed by atoms with E-state index in [1.807, 2.05) is 13.8 Å². The van der Waals surface area contributed by atoms with Crippen LogP contribution in [0.4, 0.5) is 0 Å². The predicted octanol–water partition coefficient (Wildman–Crippen LogP) is 0.643. The van der Waals surface area contributed by atoms with E-state index in [9.17, 15) is 8.42 Å². The summed E-state index contributed by atoms with van der Waals surface area (Å²) in [6, 6.07) is 0. The first-order valence-electron chi connectivity index (χ1n) is 6.91. The van der Waals surface area contributed by atoms with Gasteiger partial charge in [0.2, 0.25) is 0 Å². The summed E-state index contributed by atoms with van der Waals surface area (Å²) in [4.78, 5) is 0. The molecule has 0 aliphatic rings. The van der Waals surface area contributed by atoms with E-state index < -0.39 is 10.4 Å². The van der Waals surface area contributed by atoms with Crippen LogP contribution in [0.2, 0.25) is 0 Å². The molecule has 0 radical (unpaired) electrons. The summed E-state index contributed by atoms with van der Waals surface area (Å²) >= 11 is 0. The van der Waals surface area contributed by atoms with Crippen LogP contribution in [0.5, 0.6) is 0 Å². The molecule has 112 valence electrons. The smallest absolute Gasteiger partial charge is 1.00 e. The zero-order valence-corrected chi connectivity index (χ0v) is 16.0. The van der Waals surface area contributed by atoms with Crippen molar-refractivity contribution in [3.63, 3.8) is 0 Å². The second-order valence-corrected chi connectivity index (χ2v) is 6.56. The van der Waals surface area contributed by atoms with Gasteiger partial charge < -0.3 is 1.43 Å². The van der Waals surface area contributed by atoms with E-state index in [-0.39, 0.29) is 50.1 Å². The Morgan fingerprint density at radius 3 is 2.21 bits per heavy atom. The molecule has 0 aliphatic carbocycles. The minimum Gasteiger partial charge on any atom is -1.00 e. The summed E-state index contributed by atoms with van der Waals surface area (Å²) in [6.45, 7) is 8.61. The molecule has 0 spiro atoms. The molecule has 0 aromatic carbocycles. The molecule has 0 bridgehead atoms. The van der Waals surface area contributed by atoms with E-state index >= 15 is 0 Å². The Balaban J connectivity index is -0.00000144. The molecular formula is C13H29NaO4S. The van der Waals surface area contributed by atoms with Gasteiger partial charge in [-0.15, -0.1) is 0 Å². The topological polar surface area (TPSA) is 52.6 Å². The van der Waals surface area contributed by atoms with Crippen molar-refractivity contribution in [3.8, 4) is 0 Å². The number of unbranched alkanes of at least 4 members (excludes halogenated alkanes) is 2. The minimum absolute atomic E-state index is 0. The molecule has 0 saturated carbocycles. The summed E-state index contributed by atoms with van der Waals surface area (Å²) in [5.41, 5.74) is 0. The minimum atomic E-state index is -3.78. The second-order valence-electron chi connectivity index (χ2n) is 5.27. The fourth-order valence-electron chi connectivity index (χ4n) is 1.39. The van der Waals surface area contributed by atoms with Crippen LogP contribution in [0, 0.1) is 11.8 Å². The molecule has 0 saturated heterocycles. The number of hydrogen-bond donors (Lipinski definition) is 0. The molecule has 0 aromatic rings. The Labute approximate surface area is 142 Å². The normalized spacial score (nSPS) is 13.3. The first-order chi connectivity index (χ1) is 8.37. The fraction of sp³-hybridized carbons (Fsp3) is 1.00. The first kappa shape index (κ1) is 22.2. The Morgan fingerprint density at radius 2 is 1.68 bits per heavy atom. The largest absolute Gasteiger partial charge is 1.00 e.